The molecule has 3 aliphatic rings. The number of fused-ring (bicyclic) bond motifs is 2. The zero-order chi connectivity index (χ0) is 17.4. The second kappa shape index (κ2) is 6.54. The Balaban J connectivity index is 1.51. The summed E-state index contributed by atoms with van der Waals surface area (Å²) in [5.41, 5.74) is 12.9. The fraction of sp³-hybridized carbons (Fsp3) is 0.333. The van der Waals surface area contributed by atoms with Gasteiger partial charge >= 0.3 is 0 Å². The highest BCUT2D eigenvalue weighted by Crippen LogP contribution is 2.41. The van der Waals surface area contributed by atoms with Gasteiger partial charge in [0.15, 0.2) is 0 Å². The van der Waals surface area contributed by atoms with Crippen molar-refractivity contribution in [1.82, 2.24) is 10.2 Å². The largest absolute Gasteiger partial charge is 0.401 e. The van der Waals surface area contributed by atoms with Crippen LogP contribution in [0.2, 0.25) is 0 Å². The van der Waals surface area contributed by atoms with Gasteiger partial charge in [0, 0.05) is 43.5 Å². The number of hydrogen-bond donors (Lipinski definition) is 3. The average molecular weight is 334 g/mol. The normalized spacial score (nSPS) is 24.4. The van der Waals surface area contributed by atoms with Gasteiger partial charge in [-0.1, -0.05) is 30.9 Å². The fourth-order valence-corrected chi connectivity index (χ4v) is 3.88. The summed E-state index contributed by atoms with van der Waals surface area (Å²) in [5, 5.41) is 7.00. The van der Waals surface area contributed by atoms with Crippen LogP contribution in [0, 0.1) is 5.92 Å². The Morgan fingerprint density at radius 3 is 2.64 bits per heavy atom. The van der Waals surface area contributed by atoms with E-state index in [4.69, 9.17) is 5.73 Å². The summed E-state index contributed by atoms with van der Waals surface area (Å²) in [7, 11) is 0. The van der Waals surface area contributed by atoms with Gasteiger partial charge in [-0.2, -0.15) is 0 Å². The number of allylic oxidation sites excluding steroid dienone is 5. The molecule has 4 N–H and O–H groups in total. The first-order valence-electron chi connectivity index (χ1n) is 9.04. The molecular formula is C21H26N4. The molecule has 1 heterocycles. The summed E-state index contributed by atoms with van der Waals surface area (Å²) < 4.78 is 0. The first kappa shape index (κ1) is 16.2. The van der Waals surface area contributed by atoms with Gasteiger partial charge < -0.3 is 16.4 Å². The molecule has 4 heteroatoms. The van der Waals surface area contributed by atoms with Gasteiger partial charge in [0.1, 0.15) is 0 Å². The van der Waals surface area contributed by atoms with Gasteiger partial charge in [0.2, 0.25) is 0 Å². The summed E-state index contributed by atoms with van der Waals surface area (Å²) >= 11 is 0. The van der Waals surface area contributed by atoms with Crippen molar-refractivity contribution in [3.8, 4) is 0 Å². The van der Waals surface area contributed by atoms with Crippen molar-refractivity contribution < 1.29 is 0 Å². The van der Waals surface area contributed by atoms with Gasteiger partial charge in [0.05, 0.1) is 6.17 Å². The van der Waals surface area contributed by atoms with E-state index in [2.05, 4.69) is 71.5 Å². The molecule has 0 spiro atoms. The van der Waals surface area contributed by atoms with Crippen molar-refractivity contribution >= 4 is 11.3 Å². The molecule has 2 atom stereocenters. The van der Waals surface area contributed by atoms with E-state index in [0.29, 0.717) is 6.17 Å². The summed E-state index contributed by atoms with van der Waals surface area (Å²) in [5.74, 6) is 0.194. The van der Waals surface area contributed by atoms with Crippen LogP contribution in [0.15, 0.2) is 65.9 Å². The highest BCUT2D eigenvalue weighted by Gasteiger charge is 2.27. The second-order valence-electron chi connectivity index (χ2n) is 7.02. The van der Waals surface area contributed by atoms with Crippen molar-refractivity contribution in [2.75, 3.05) is 31.5 Å². The lowest BCUT2D eigenvalue weighted by Crippen LogP contribution is -2.49. The molecule has 2 bridgehead atoms. The summed E-state index contributed by atoms with van der Waals surface area (Å²) in [6.45, 7) is 10.7. The molecule has 0 amide bonds. The third-order valence-corrected chi connectivity index (χ3v) is 5.41. The predicted octanol–water partition coefficient (Wildman–Crippen LogP) is 2.70. The van der Waals surface area contributed by atoms with Gasteiger partial charge in [-0.3, -0.25) is 4.90 Å². The van der Waals surface area contributed by atoms with Crippen LogP contribution in [0.5, 0.6) is 0 Å². The molecule has 1 aromatic carbocycles. The maximum atomic E-state index is 6.20. The van der Waals surface area contributed by atoms with Crippen LogP contribution in [-0.4, -0.2) is 37.2 Å². The third kappa shape index (κ3) is 3.03. The Hall–Kier alpha value is -2.30. The van der Waals surface area contributed by atoms with Gasteiger partial charge in [-0.05, 0) is 47.4 Å². The second-order valence-corrected chi connectivity index (χ2v) is 7.02. The highest BCUT2D eigenvalue weighted by atomic mass is 15.3. The smallest absolute Gasteiger partial charge is 0.0765 e. The standard InChI is InChI=1S/C21H26N4/c1-14-18-7-8-19(14)21(22)13-20(18)16-3-5-17(6-4-16)24-15(2)25-11-9-23-10-12-25/h3-8,13,15,19,23-24H,1,9-12,22H2,2H3. The lowest BCUT2D eigenvalue weighted by Gasteiger charge is -2.33. The van der Waals surface area contributed by atoms with Crippen LogP contribution in [0.3, 0.4) is 0 Å². The van der Waals surface area contributed by atoms with E-state index >= 15 is 0 Å². The van der Waals surface area contributed by atoms with Crippen LogP contribution < -0.4 is 16.4 Å². The van der Waals surface area contributed by atoms with E-state index in [1.807, 2.05) is 0 Å². The van der Waals surface area contributed by atoms with Crippen molar-refractivity contribution in [3.63, 3.8) is 0 Å². The topological polar surface area (TPSA) is 53.3 Å². The third-order valence-electron chi connectivity index (χ3n) is 5.41. The number of hydrogen-bond acceptors (Lipinski definition) is 4. The molecule has 25 heavy (non-hydrogen) atoms. The van der Waals surface area contributed by atoms with E-state index in [1.165, 1.54) is 16.7 Å². The Kier molecular flexibility index (Phi) is 4.24. The summed E-state index contributed by atoms with van der Waals surface area (Å²) in [6.07, 6.45) is 6.72. The van der Waals surface area contributed by atoms with E-state index < -0.39 is 0 Å². The Morgan fingerprint density at radius 1 is 1.20 bits per heavy atom. The first-order chi connectivity index (χ1) is 12.1. The number of nitrogens with two attached hydrogens (primary N) is 1. The van der Waals surface area contributed by atoms with Gasteiger partial charge in [-0.25, -0.2) is 0 Å². The first-order valence-corrected chi connectivity index (χ1v) is 9.04. The Bertz CT molecular complexity index is 764. The average Bonchev–Trinajstić information content (AvgIpc) is 2.92. The molecular weight excluding hydrogens is 308 g/mol. The van der Waals surface area contributed by atoms with E-state index in [9.17, 15) is 0 Å². The molecule has 4 nitrogen and oxygen atoms in total. The minimum absolute atomic E-state index is 0.194. The Morgan fingerprint density at radius 2 is 1.92 bits per heavy atom. The number of piperazine rings is 1. The number of anilines is 1. The zero-order valence-electron chi connectivity index (χ0n) is 14.8. The summed E-state index contributed by atoms with van der Waals surface area (Å²) in [4.78, 5) is 2.47. The van der Waals surface area contributed by atoms with Crippen molar-refractivity contribution in [2.45, 2.75) is 13.1 Å². The van der Waals surface area contributed by atoms with Crippen molar-refractivity contribution in [3.05, 3.63) is 71.5 Å². The lowest BCUT2D eigenvalue weighted by atomic mass is 9.86. The van der Waals surface area contributed by atoms with Crippen LogP contribution in [0.4, 0.5) is 5.69 Å². The molecule has 0 saturated carbocycles. The molecule has 1 fully saturated rings. The SMILES string of the molecule is C=C1C2=C(c3ccc(NC(C)N4CCNCC4)cc3)C=C(N)C1C=C2. The number of rotatable bonds is 4. The van der Waals surface area contributed by atoms with Crippen LogP contribution in [-0.2, 0) is 0 Å². The van der Waals surface area contributed by atoms with Crippen molar-refractivity contribution in [2.24, 2.45) is 11.7 Å². The molecule has 4 rings (SSSR count). The molecule has 2 aliphatic carbocycles. The lowest BCUT2D eigenvalue weighted by molar-refractivity contribution is 0.201. The van der Waals surface area contributed by atoms with E-state index in [-0.39, 0.29) is 5.92 Å². The van der Waals surface area contributed by atoms with E-state index in [0.717, 1.165) is 43.1 Å². The predicted molar refractivity (Wildman–Crippen MR) is 105 cm³/mol. The van der Waals surface area contributed by atoms with Crippen LogP contribution in [0.25, 0.3) is 5.57 Å². The van der Waals surface area contributed by atoms with Crippen LogP contribution >= 0.6 is 0 Å². The molecule has 130 valence electrons. The van der Waals surface area contributed by atoms with Gasteiger partial charge in [0.25, 0.3) is 0 Å². The minimum Gasteiger partial charge on any atom is -0.401 e. The molecule has 0 radical (unpaired) electrons. The molecule has 0 aromatic heterocycles. The number of nitrogens with zero attached hydrogens (tertiary/aromatic N) is 1. The monoisotopic (exact) mass is 334 g/mol. The minimum atomic E-state index is 0.194. The zero-order valence-corrected chi connectivity index (χ0v) is 14.8. The maximum absolute atomic E-state index is 6.20. The number of benzene rings is 1. The Labute approximate surface area is 149 Å². The molecule has 1 saturated heterocycles. The fourth-order valence-electron chi connectivity index (χ4n) is 3.88. The molecule has 2 unspecified atom stereocenters. The quantitative estimate of drug-likeness (QED) is 0.792. The van der Waals surface area contributed by atoms with Crippen LogP contribution in [0.1, 0.15) is 12.5 Å². The molecule has 1 aliphatic heterocycles. The van der Waals surface area contributed by atoms with Gasteiger partial charge in [-0.15, -0.1) is 0 Å². The molecule has 1 aromatic rings. The highest BCUT2D eigenvalue weighted by molar-refractivity contribution is 5.86. The summed E-state index contributed by atoms with van der Waals surface area (Å²) in [6, 6.07) is 8.63. The number of nitrogens with one attached hydrogen (secondary N) is 2. The van der Waals surface area contributed by atoms with E-state index in [1.54, 1.807) is 0 Å². The van der Waals surface area contributed by atoms with Crippen molar-refractivity contribution in [1.29, 1.82) is 0 Å². The maximum Gasteiger partial charge on any atom is 0.0765 e.